The molecule has 0 unspecified atom stereocenters. The maximum absolute atomic E-state index is 4.57. The summed E-state index contributed by atoms with van der Waals surface area (Å²) in [5.41, 5.74) is 0.210. The highest BCUT2D eigenvalue weighted by Gasteiger charge is 2.32. The molecule has 18 heavy (non-hydrogen) atoms. The van der Waals surface area contributed by atoms with Crippen LogP contribution in [-0.2, 0) is 0 Å². The summed E-state index contributed by atoms with van der Waals surface area (Å²) in [5.74, 6) is 1.66. The van der Waals surface area contributed by atoms with Gasteiger partial charge in [-0.05, 0) is 39.2 Å². The van der Waals surface area contributed by atoms with Gasteiger partial charge in [-0.3, -0.25) is 0 Å². The van der Waals surface area contributed by atoms with Crippen molar-refractivity contribution in [1.29, 1.82) is 0 Å². The molecule has 0 spiro atoms. The van der Waals surface area contributed by atoms with Gasteiger partial charge in [0.1, 0.15) is 10.6 Å². The molecular formula is C13H18N4S. The van der Waals surface area contributed by atoms with Crippen molar-refractivity contribution in [2.75, 3.05) is 17.7 Å². The number of hydrogen-bond donors (Lipinski definition) is 2. The van der Waals surface area contributed by atoms with Crippen LogP contribution < -0.4 is 10.6 Å². The molecule has 0 saturated heterocycles. The summed E-state index contributed by atoms with van der Waals surface area (Å²) in [4.78, 5) is 11.4. The maximum atomic E-state index is 4.57. The second-order valence-corrected chi connectivity index (χ2v) is 6.50. The molecule has 0 bridgehead atoms. The molecule has 4 nitrogen and oxygen atoms in total. The first-order valence-electron chi connectivity index (χ1n) is 6.34. The number of nitrogens with one attached hydrogen (secondary N) is 2. The first kappa shape index (κ1) is 11.7. The Morgan fingerprint density at radius 1 is 1.33 bits per heavy atom. The molecule has 2 heterocycles. The Balaban J connectivity index is 2.07. The van der Waals surface area contributed by atoms with Crippen molar-refractivity contribution < 1.29 is 0 Å². The third-order valence-corrected chi connectivity index (χ3v) is 4.56. The number of fused-ring (bicyclic) bond motifs is 1. The summed E-state index contributed by atoms with van der Waals surface area (Å²) >= 11 is 1.72. The van der Waals surface area contributed by atoms with Gasteiger partial charge < -0.3 is 10.6 Å². The summed E-state index contributed by atoms with van der Waals surface area (Å²) in [7, 11) is 1.86. The van der Waals surface area contributed by atoms with E-state index in [1.165, 1.54) is 24.1 Å². The van der Waals surface area contributed by atoms with Gasteiger partial charge in [0, 0.05) is 17.5 Å². The van der Waals surface area contributed by atoms with Gasteiger partial charge in [0.05, 0.1) is 5.39 Å². The maximum Gasteiger partial charge on any atom is 0.225 e. The van der Waals surface area contributed by atoms with E-state index in [1.807, 2.05) is 7.05 Å². The lowest BCUT2D eigenvalue weighted by Gasteiger charge is -2.39. The van der Waals surface area contributed by atoms with E-state index in [-0.39, 0.29) is 5.54 Å². The summed E-state index contributed by atoms with van der Waals surface area (Å²) in [6.07, 6.45) is 3.74. The number of rotatable bonds is 3. The minimum absolute atomic E-state index is 0.210. The van der Waals surface area contributed by atoms with E-state index in [0.717, 1.165) is 16.0 Å². The molecular weight excluding hydrogens is 244 g/mol. The van der Waals surface area contributed by atoms with Crippen LogP contribution in [0.1, 0.15) is 31.1 Å². The molecule has 0 radical (unpaired) electrons. The Hall–Kier alpha value is -1.36. The second-order valence-electron chi connectivity index (χ2n) is 5.26. The number of thiophene rings is 1. The summed E-state index contributed by atoms with van der Waals surface area (Å²) in [5, 5.41) is 7.78. The summed E-state index contributed by atoms with van der Waals surface area (Å²) in [6.45, 7) is 4.38. The first-order valence-corrected chi connectivity index (χ1v) is 7.15. The Morgan fingerprint density at radius 3 is 2.72 bits per heavy atom. The van der Waals surface area contributed by atoms with Gasteiger partial charge >= 0.3 is 0 Å². The smallest absolute Gasteiger partial charge is 0.225 e. The molecule has 2 aromatic rings. The van der Waals surface area contributed by atoms with Crippen molar-refractivity contribution in [3.8, 4) is 0 Å². The van der Waals surface area contributed by atoms with Crippen molar-refractivity contribution >= 4 is 33.3 Å². The van der Waals surface area contributed by atoms with Crippen molar-refractivity contribution in [3.63, 3.8) is 0 Å². The van der Waals surface area contributed by atoms with Gasteiger partial charge in [0.25, 0.3) is 0 Å². The molecule has 1 fully saturated rings. The van der Waals surface area contributed by atoms with Gasteiger partial charge in [0.2, 0.25) is 5.95 Å². The highest BCUT2D eigenvalue weighted by molar-refractivity contribution is 7.18. The Kier molecular flexibility index (Phi) is 2.66. The fourth-order valence-electron chi connectivity index (χ4n) is 2.37. The normalized spacial score (nSPS) is 17.5. The molecule has 3 rings (SSSR count). The predicted octanol–water partition coefficient (Wildman–Crippen LogP) is 3.40. The highest BCUT2D eigenvalue weighted by Crippen LogP contribution is 2.37. The van der Waals surface area contributed by atoms with Gasteiger partial charge in [-0.2, -0.15) is 4.98 Å². The molecule has 0 aromatic carbocycles. The zero-order valence-corrected chi connectivity index (χ0v) is 11.8. The summed E-state index contributed by atoms with van der Waals surface area (Å²) < 4.78 is 0. The lowest BCUT2D eigenvalue weighted by Crippen LogP contribution is -2.42. The quantitative estimate of drug-likeness (QED) is 0.890. The second kappa shape index (κ2) is 4.09. The third-order valence-electron chi connectivity index (χ3n) is 3.62. The number of aromatic nitrogens is 2. The average molecular weight is 262 g/mol. The van der Waals surface area contributed by atoms with Crippen LogP contribution in [0.3, 0.4) is 0 Å². The molecule has 1 aliphatic carbocycles. The van der Waals surface area contributed by atoms with Crippen molar-refractivity contribution in [2.45, 2.75) is 38.6 Å². The Morgan fingerprint density at radius 2 is 2.11 bits per heavy atom. The Bertz CT molecular complexity index is 586. The molecule has 2 N–H and O–H groups in total. The molecule has 0 atom stereocenters. The third kappa shape index (κ3) is 1.92. The molecule has 0 aliphatic heterocycles. The first-order chi connectivity index (χ1) is 8.59. The lowest BCUT2D eigenvalue weighted by molar-refractivity contribution is 0.306. The zero-order valence-electron chi connectivity index (χ0n) is 11.0. The predicted molar refractivity (Wildman–Crippen MR) is 77.6 cm³/mol. The van der Waals surface area contributed by atoms with Gasteiger partial charge in [-0.15, -0.1) is 11.3 Å². The number of hydrogen-bond acceptors (Lipinski definition) is 5. The van der Waals surface area contributed by atoms with Crippen LogP contribution in [0.2, 0.25) is 0 Å². The summed E-state index contributed by atoms with van der Waals surface area (Å²) in [6, 6.07) is 2.17. The van der Waals surface area contributed by atoms with Crippen LogP contribution in [0.5, 0.6) is 0 Å². The molecule has 1 saturated carbocycles. The number of anilines is 2. The van der Waals surface area contributed by atoms with Gasteiger partial charge in [-0.25, -0.2) is 4.98 Å². The Labute approximate surface area is 111 Å². The van der Waals surface area contributed by atoms with Crippen molar-refractivity contribution in [3.05, 3.63) is 10.9 Å². The lowest BCUT2D eigenvalue weighted by atomic mass is 9.78. The highest BCUT2D eigenvalue weighted by atomic mass is 32.1. The van der Waals surface area contributed by atoms with E-state index < -0.39 is 0 Å². The zero-order chi connectivity index (χ0) is 12.8. The van der Waals surface area contributed by atoms with E-state index in [2.05, 4.69) is 40.5 Å². The SMILES string of the molecule is CNc1nc(NC2(C)CCC2)c2cc(C)sc2n1. The van der Waals surface area contributed by atoms with Crippen LogP contribution in [0, 0.1) is 6.92 Å². The number of aryl methyl sites for hydroxylation is 1. The monoisotopic (exact) mass is 262 g/mol. The van der Waals surface area contributed by atoms with Gasteiger partial charge in [0.15, 0.2) is 0 Å². The van der Waals surface area contributed by atoms with E-state index >= 15 is 0 Å². The van der Waals surface area contributed by atoms with Gasteiger partial charge in [-0.1, -0.05) is 0 Å². The van der Waals surface area contributed by atoms with Crippen LogP contribution in [0.25, 0.3) is 10.2 Å². The fourth-order valence-corrected chi connectivity index (χ4v) is 3.25. The molecule has 5 heteroatoms. The molecule has 96 valence electrons. The van der Waals surface area contributed by atoms with Crippen LogP contribution in [0.4, 0.5) is 11.8 Å². The standard InChI is InChI=1S/C13H18N4S/c1-8-7-9-10(17-13(2)5-4-6-13)15-12(14-3)16-11(9)18-8/h7H,4-6H2,1-3H3,(H2,14,15,16,17). The van der Waals surface area contributed by atoms with Crippen LogP contribution in [0.15, 0.2) is 6.07 Å². The average Bonchev–Trinajstić information content (AvgIpc) is 2.67. The molecule has 2 aromatic heterocycles. The van der Waals surface area contributed by atoms with E-state index in [4.69, 9.17) is 0 Å². The number of nitrogens with zero attached hydrogens (tertiary/aromatic N) is 2. The van der Waals surface area contributed by atoms with E-state index in [9.17, 15) is 0 Å². The molecule has 0 amide bonds. The van der Waals surface area contributed by atoms with E-state index in [1.54, 1.807) is 11.3 Å². The van der Waals surface area contributed by atoms with Crippen LogP contribution in [-0.4, -0.2) is 22.6 Å². The minimum atomic E-state index is 0.210. The molecule has 1 aliphatic rings. The topological polar surface area (TPSA) is 49.8 Å². The van der Waals surface area contributed by atoms with E-state index in [0.29, 0.717) is 5.95 Å². The largest absolute Gasteiger partial charge is 0.364 e. The van der Waals surface area contributed by atoms with Crippen molar-refractivity contribution in [1.82, 2.24) is 9.97 Å². The van der Waals surface area contributed by atoms with Crippen molar-refractivity contribution in [2.24, 2.45) is 0 Å². The fraction of sp³-hybridized carbons (Fsp3) is 0.538. The minimum Gasteiger partial charge on any atom is -0.364 e. The van der Waals surface area contributed by atoms with Crippen LogP contribution >= 0.6 is 11.3 Å².